The van der Waals surface area contributed by atoms with Crippen molar-refractivity contribution in [3.8, 4) is 0 Å². The molecule has 0 aromatic heterocycles. The van der Waals surface area contributed by atoms with Crippen molar-refractivity contribution in [1.29, 1.82) is 0 Å². The summed E-state index contributed by atoms with van der Waals surface area (Å²) >= 11 is 0. The van der Waals surface area contributed by atoms with Crippen LogP contribution in [0.25, 0.3) is 0 Å². The molecule has 2 saturated heterocycles. The lowest BCUT2D eigenvalue weighted by Crippen LogP contribution is -2.45. The van der Waals surface area contributed by atoms with Crippen LogP contribution in [0.4, 0.5) is 0 Å². The van der Waals surface area contributed by atoms with Crippen molar-refractivity contribution >= 4 is 11.9 Å². The summed E-state index contributed by atoms with van der Waals surface area (Å²) in [4.78, 5) is 24.6. The van der Waals surface area contributed by atoms with E-state index in [2.05, 4.69) is 0 Å². The van der Waals surface area contributed by atoms with Crippen molar-refractivity contribution < 1.29 is 24.2 Å². The van der Waals surface area contributed by atoms with Crippen LogP contribution in [0.1, 0.15) is 25.7 Å². The summed E-state index contributed by atoms with van der Waals surface area (Å²) in [5.41, 5.74) is 0. The van der Waals surface area contributed by atoms with Gasteiger partial charge in [-0.1, -0.05) is 0 Å². The largest absolute Gasteiger partial charge is 0.479 e. The predicted octanol–water partition coefficient (Wildman–Crippen LogP) is 0.256. The van der Waals surface area contributed by atoms with Gasteiger partial charge < -0.3 is 19.5 Å². The maximum atomic E-state index is 12.2. The molecule has 0 aliphatic carbocycles. The van der Waals surface area contributed by atoms with Gasteiger partial charge in [-0.2, -0.15) is 0 Å². The van der Waals surface area contributed by atoms with Crippen LogP contribution in [0.15, 0.2) is 0 Å². The maximum Gasteiger partial charge on any atom is 0.332 e. The highest BCUT2D eigenvalue weighted by atomic mass is 16.5. The monoisotopic (exact) mass is 257 g/mol. The number of hydrogen-bond acceptors (Lipinski definition) is 4. The second kappa shape index (κ2) is 5.67. The standard InChI is InChI=1S/C12H19NO5/c1-13(8-4-6-17-7-5-8)11(14)9-2-3-10(18-9)12(15)16/h8-10H,2-7H2,1H3,(H,15,16). The third kappa shape index (κ3) is 2.81. The molecule has 1 N–H and O–H groups in total. The van der Waals surface area contributed by atoms with Gasteiger partial charge in [0.1, 0.15) is 6.10 Å². The Bertz CT molecular complexity index is 326. The number of ether oxygens (including phenoxy) is 2. The zero-order valence-electron chi connectivity index (χ0n) is 10.5. The highest BCUT2D eigenvalue weighted by molar-refractivity contribution is 5.82. The molecule has 0 aromatic rings. The lowest BCUT2D eigenvalue weighted by molar-refractivity contribution is -0.155. The SMILES string of the molecule is CN(C(=O)C1CCC(C(=O)O)O1)C1CCOCC1. The molecule has 2 aliphatic heterocycles. The third-order valence-electron chi connectivity index (χ3n) is 3.66. The van der Waals surface area contributed by atoms with Crippen molar-refractivity contribution in [3.05, 3.63) is 0 Å². The van der Waals surface area contributed by atoms with E-state index >= 15 is 0 Å². The molecule has 1 amide bonds. The summed E-state index contributed by atoms with van der Waals surface area (Å²) in [7, 11) is 1.76. The van der Waals surface area contributed by atoms with Crippen LogP contribution in [-0.4, -0.2) is 60.4 Å². The maximum absolute atomic E-state index is 12.2. The molecule has 2 heterocycles. The summed E-state index contributed by atoms with van der Waals surface area (Å²) in [6, 6.07) is 0.179. The molecule has 102 valence electrons. The van der Waals surface area contributed by atoms with E-state index in [0.29, 0.717) is 26.1 Å². The van der Waals surface area contributed by atoms with Crippen molar-refractivity contribution in [3.63, 3.8) is 0 Å². The van der Waals surface area contributed by atoms with Crippen molar-refractivity contribution in [2.75, 3.05) is 20.3 Å². The van der Waals surface area contributed by atoms with E-state index in [1.54, 1.807) is 11.9 Å². The quantitative estimate of drug-likeness (QED) is 0.784. The van der Waals surface area contributed by atoms with Crippen LogP contribution >= 0.6 is 0 Å². The molecule has 2 rings (SSSR count). The predicted molar refractivity (Wildman–Crippen MR) is 62.1 cm³/mol. The number of rotatable bonds is 3. The van der Waals surface area contributed by atoms with Gasteiger partial charge in [-0.05, 0) is 25.7 Å². The molecule has 2 aliphatic rings. The first-order valence-electron chi connectivity index (χ1n) is 6.32. The Balaban J connectivity index is 1.89. The van der Waals surface area contributed by atoms with Gasteiger partial charge in [-0.15, -0.1) is 0 Å². The Kier molecular flexibility index (Phi) is 4.19. The number of carbonyl (C=O) groups excluding carboxylic acids is 1. The smallest absolute Gasteiger partial charge is 0.332 e. The van der Waals surface area contributed by atoms with Gasteiger partial charge >= 0.3 is 5.97 Å². The Morgan fingerprint density at radius 1 is 1.11 bits per heavy atom. The van der Waals surface area contributed by atoms with Crippen LogP contribution in [-0.2, 0) is 19.1 Å². The van der Waals surface area contributed by atoms with Crippen LogP contribution in [0.2, 0.25) is 0 Å². The molecular weight excluding hydrogens is 238 g/mol. The van der Waals surface area contributed by atoms with Crippen molar-refractivity contribution in [1.82, 2.24) is 4.90 Å². The van der Waals surface area contributed by atoms with E-state index in [1.807, 2.05) is 0 Å². The van der Waals surface area contributed by atoms with E-state index in [4.69, 9.17) is 14.6 Å². The van der Waals surface area contributed by atoms with E-state index in [0.717, 1.165) is 12.8 Å². The Labute approximate surface area is 106 Å². The van der Waals surface area contributed by atoms with Crippen LogP contribution in [0.5, 0.6) is 0 Å². The summed E-state index contributed by atoms with van der Waals surface area (Å²) in [5, 5.41) is 8.83. The molecule has 0 bridgehead atoms. The fourth-order valence-electron chi connectivity index (χ4n) is 2.48. The molecule has 2 atom stereocenters. The number of carboxylic acid groups (broad SMARTS) is 1. The topological polar surface area (TPSA) is 76.1 Å². The zero-order valence-corrected chi connectivity index (χ0v) is 10.5. The van der Waals surface area contributed by atoms with Crippen LogP contribution in [0.3, 0.4) is 0 Å². The average Bonchev–Trinajstić information content (AvgIpc) is 2.88. The molecule has 18 heavy (non-hydrogen) atoms. The van der Waals surface area contributed by atoms with Gasteiger partial charge in [-0.3, -0.25) is 4.79 Å². The number of likely N-dealkylation sites (N-methyl/N-ethyl adjacent to an activating group) is 1. The summed E-state index contributed by atoms with van der Waals surface area (Å²) < 4.78 is 10.5. The van der Waals surface area contributed by atoms with E-state index in [-0.39, 0.29) is 11.9 Å². The van der Waals surface area contributed by atoms with Gasteiger partial charge in [0.25, 0.3) is 5.91 Å². The molecule has 0 aromatic carbocycles. The Morgan fingerprint density at radius 3 is 2.28 bits per heavy atom. The van der Waals surface area contributed by atoms with E-state index in [1.165, 1.54) is 0 Å². The van der Waals surface area contributed by atoms with Crippen molar-refractivity contribution in [2.45, 2.75) is 43.9 Å². The lowest BCUT2D eigenvalue weighted by atomic mass is 10.1. The molecule has 0 spiro atoms. The minimum Gasteiger partial charge on any atom is -0.479 e. The van der Waals surface area contributed by atoms with Gasteiger partial charge in [0.05, 0.1) is 0 Å². The number of hydrogen-bond donors (Lipinski definition) is 1. The summed E-state index contributed by atoms with van der Waals surface area (Å²) in [6.45, 7) is 1.34. The van der Waals surface area contributed by atoms with Gasteiger partial charge in [0.2, 0.25) is 0 Å². The number of carbonyl (C=O) groups is 2. The molecule has 6 heteroatoms. The second-order valence-corrected chi connectivity index (χ2v) is 4.82. The number of aliphatic carboxylic acids is 1. The number of carboxylic acids is 1. The highest BCUT2D eigenvalue weighted by Crippen LogP contribution is 2.23. The van der Waals surface area contributed by atoms with Gasteiger partial charge in [0, 0.05) is 26.3 Å². The fourth-order valence-corrected chi connectivity index (χ4v) is 2.48. The first kappa shape index (κ1) is 13.3. The summed E-state index contributed by atoms with van der Waals surface area (Å²) in [6.07, 6.45) is 1.13. The Morgan fingerprint density at radius 2 is 1.72 bits per heavy atom. The van der Waals surface area contributed by atoms with Crippen LogP contribution < -0.4 is 0 Å². The highest BCUT2D eigenvalue weighted by Gasteiger charge is 2.37. The van der Waals surface area contributed by atoms with Gasteiger partial charge in [-0.25, -0.2) is 4.79 Å². The Hall–Kier alpha value is -1.14. The van der Waals surface area contributed by atoms with Gasteiger partial charge in [0.15, 0.2) is 6.10 Å². The molecular formula is C12H19NO5. The van der Waals surface area contributed by atoms with Crippen LogP contribution in [0, 0.1) is 0 Å². The third-order valence-corrected chi connectivity index (χ3v) is 3.66. The number of amides is 1. The van der Waals surface area contributed by atoms with E-state index < -0.39 is 18.2 Å². The van der Waals surface area contributed by atoms with Crippen molar-refractivity contribution in [2.24, 2.45) is 0 Å². The minimum absolute atomic E-state index is 0.106. The lowest BCUT2D eigenvalue weighted by Gasteiger charge is -2.32. The summed E-state index contributed by atoms with van der Waals surface area (Å²) in [5.74, 6) is -1.09. The number of nitrogens with zero attached hydrogens (tertiary/aromatic N) is 1. The second-order valence-electron chi connectivity index (χ2n) is 4.82. The normalized spacial score (nSPS) is 29.2. The molecule has 2 fully saturated rings. The van der Waals surface area contributed by atoms with E-state index in [9.17, 15) is 9.59 Å². The molecule has 2 unspecified atom stereocenters. The first-order valence-corrected chi connectivity index (χ1v) is 6.32. The zero-order chi connectivity index (χ0) is 13.1. The fraction of sp³-hybridized carbons (Fsp3) is 0.833. The molecule has 0 saturated carbocycles. The minimum atomic E-state index is -0.987. The molecule has 6 nitrogen and oxygen atoms in total. The average molecular weight is 257 g/mol. The first-order chi connectivity index (χ1) is 8.59. The molecule has 0 radical (unpaired) electrons.